The van der Waals surface area contributed by atoms with Gasteiger partial charge in [0, 0.05) is 17.7 Å². The van der Waals surface area contributed by atoms with Gasteiger partial charge in [-0.15, -0.1) is 5.10 Å². The number of hydrogen-bond acceptors (Lipinski definition) is 7. The van der Waals surface area contributed by atoms with Gasteiger partial charge in [-0.05, 0) is 35.4 Å². The lowest BCUT2D eigenvalue weighted by Gasteiger charge is -2.26. The zero-order valence-corrected chi connectivity index (χ0v) is 16.1. The second-order valence-electron chi connectivity index (χ2n) is 7.33. The third kappa shape index (κ3) is 3.93. The molecule has 1 aliphatic carbocycles. The van der Waals surface area contributed by atoms with E-state index in [9.17, 15) is 19.6 Å². The van der Waals surface area contributed by atoms with Gasteiger partial charge in [-0.25, -0.2) is 9.07 Å². The molecular formula is C20H21FN6O3. The van der Waals surface area contributed by atoms with E-state index >= 15 is 0 Å². The summed E-state index contributed by atoms with van der Waals surface area (Å²) in [6.45, 7) is 0. The van der Waals surface area contributed by atoms with Crippen molar-refractivity contribution in [1.29, 1.82) is 0 Å². The summed E-state index contributed by atoms with van der Waals surface area (Å²) >= 11 is 0. The average Bonchev–Trinajstić information content (AvgIpc) is 3.24. The minimum absolute atomic E-state index is 0.0148. The first-order chi connectivity index (χ1) is 14.5. The number of nitro benzene ring substituents is 1. The van der Waals surface area contributed by atoms with Crippen molar-refractivity contribution >= 4 is 11.4 Å². The highest BCUT2D eigenvalue weighted by atomic mass is 19.1. The largest absolute Gasteiger partial charge is 0.508 e. The van der Waals surface area contributed by atoms with Crippen molar-refractivity contribution in [3.63, 3.8) is 0 Å². The van der Waals surface area contributed by atoms with E-state index in [0.29, 0.717) is 11.4 Å². The molecule has 0 aliphatic heterocycles. The molecule has 1 aliphatic rings. The molecular weight excluding hydrogens is 391 g/mol. The number of nitrogens with one attached hydrogen (secondary N) is 1. The number of hydrogen-bond donors (Lipinski definition) is 2. The Morgan fingerprint density at radius 2 is 1.97 bits per heavy atom. The number of para-hydroxylation sites is 1. The van der Waals surface area contributed by atoms with Gasteiger partial charge in [0.05, 0.1) is 16.7 Å². The molecule has 2 N–H and O–H groups in total. The Morgan fingerprint density at radius 1 is 1.20 bits per heavy atom. The molecule has 2 aromatic carbocycles. The Morgan fingerprint density at radius 3 is 2.70 bits per heavy atom. The molecule has 4 rings (SSSR count). The summed E-state index contributed by atoms with van der Waals surface area (Å²) in [6.07, 6.45) is 5.15. The molecule has 3 aromatic rings. The van der Waals surface area contributed by atoms with Crippen LogP contribution in [0.5, 0.6) is 5.75 Å². The van der Waals surface area contributed by atoms with E-state index in [1.54, 1.807) is 22.9 Å². The lowest BCUT2D eigenvalue weighted by molar-refractivity contribution is -0.384. The Hall–Kier alpha value is -3.56. The van der Waals surface area contributed by atoms with Crippen molar-refractivity contribution in [2.24, 2.45) is 0 Å². The fourth-order valence-electron chi connectivity index (χ4n) is 3.88. The quantitative estimate of drug-likeness (QED) is 0.461. The minimum atomic E-state index is -0.806. The van der Waals surface area contributed by atoms with Crippen LogP contribution in [-0.4, -0.2) is 30.2 Å². The lowest BCUT2D eigenvalue weighted by atomic mass is 9.95. The van der Waals surface area contributed by atoms with Crippen LogP contribution in [-0.2, 0) is 0 Å². The van der Waals surface area contributed by atoms with Crippen LogP contribution in [0.4, 0.5) is 15.8 Å². The smallest absolute Gasteiger partial charge is 0.271 e. The van der Waals surface area contributed by atoms with E-state index in [1.807, 2.05) is 0 Å². The highest BCUT2D eigenvalue weighted by Crippen LogP contribution is 2.36. The number of non-ortho nitro benzene ring substituents is 1. The lowest BCUT2D eigenvalue weighted by Crippen LogP contribution is -2.23. The predicted octanol–water partition coefficient (Wildman–Crippen LogP) is 4.13. The van der Waals surface area contributed by atoms with Crippen molar-refractivity contribution in [2.45, 2.75) is 44.2 Å². The Bertz CT molecular complexity index is 1050. The predicted molar refractivity (Wildman–Crippen MR) is 107 cm³/mol. The van der Waals surface area contributed by atoms with Crippen molar-refractivity contribution in [3.8, 4) is 5.75 Å². The average molecular weight is 412 g/mol. The van der Waals surface area contributed by atoms with Crippen LogP contribution in [0, 0.1) is 15.9 Å². The molecule has 156 valence electrons. The van der Waals surface area contributed by atoms with Crippen molar-refractivity contribution in [1.82, 2.24) is 20.2 Å². The topological polar surface area (TPSA) is 119 Å². The number of rotatable bonds is 6. The fourth-order valence-corrected chi connectivity index (χ4v) is 3.88. The molecule has 0 saturated heterocycles. The summed E-state index contributed by atoms with van der Waals surface area (Å²) in [7, 11) is 0. The van der Waals surface area contributed by atoms with Gasteiger partial charge in [-0.1, -0.05) is 37.5 Å². The Kier molecular flexibility index (Phi) is 5.55. The van der Waals surface area contributed by atoms with Crippen LogP contribution in [0.1, 0.15) is 55.6 Å². The zero-order valence-electron chi connectivity index (χ0n) is 16.1. The van der Waals surface area contributed by atoms with E-state index in [-0.39, 0.29) is 23.2 Å². The summed E-state index contributed by atoms with van der Waals surface area (Å²) in [6, 6.07) is 9.17. The van der Waals surface area contributed by atoms with E-state index in [4.69, 9.17) is 0 Å². The number of phenolic OH excluding ortho intramolecular Hbond substituents is 1. The first kappa shape index (κ1) is 19.7. The van der Waals surface area contributed by atoms with Crippen molar-refractivity contribution < 1.29 is 14.4 Å². The van der Waals surface area contributed by atoms with Gasteiger partial charge < -0.3 is 10.4 Å². The molecule has 1 unspecified atom stereocenters. The Balaban J connectivity index is 1.78. The normalized spacial score (nSPS) is 15.6. The van der Waals surface area contributed by atoms with Gasteiger partial charge in [0.15, 0.2) is 5.82 Å². The van der Waals surface area contributed by atoms with Gasteiger partial charge in [-0.2, -0.15) is 0 Å². The molecule has 10 heteroatoms. The molecule has 0 amide bonds. The number of nitro groups is 1. The maximum absolute atomic E-state index is 14.5. The van der Waals surface area contributed by atoms with Crippen LogP contribution in [0.15, 0.2) is 42.5 Å². The molecule has 9 nitrogen and oxygen atoms in total. The van der Waals surface area contributed by atoms with Gasteiger partial charge in [0.25, 0.3) is 5.69 Å². The maximum atomic E-state index is 14.5. The number of benzene rings is 2. The van der Waals surface area contributed by atoms with Gasteiger partial charge in [0.2, 0.25) is 0 Å². The molecule has 1 heterocycles. The number of aromatic hydroxyl groups is 1. The van der Waals surface area contributed by atoms with Gasteiger partial charge in [0.1, 0.15) is 17.6 Å². The summed E-state index contributed by atoms with van der Waals surface area (Å²) in [4.78, 5) is 10.6. The van der Waals surface area contributed by atoms with Crippen LogP contribution in [0.2, 0.25) is 0 Å². The van der Waals surface area contributed by atoms with Crippen LogP contribution in [0.3, 0.4) is 0 Å². The number of aromatic nitrogens is 4. The summed E-state index contributed by atoms with van der Waals surface area (Å²) in [5.74, 6) is -0.258. The van der Waals surface area contributed by atoms with Crippen LogP contribution >= 0.6 is 0 Å². The Labute approximate surface area is 171 Å². The molecule has 30 heavy (non-hydrogen) atoms. The number of halogens is 1. The molecule has 0 radical (unpaired) electrons. The first-order valence-corrected chi connectivity index (χ1v) is 9.80. The monoisotopic (exact) mass is 412 g/mol. The second-order valence-corrected chi connectivity index (χ2v) is 7.33. The molecule has 0 bridgehead atoms. The van der Waals surface area contributed by atoms with Crippen molar-refractivity contribution in [3.05, 3.63) is 69.8 Å². The minimum Gasteiger partial charge on any atom is -0.508 e. The molecule has 1 fully saturated rings. The number of phenols is 1. The summed E-state index contributed by atoms with van der Waals surface area (Å²) in [5.41, 5.74) is 0.118. The molecule has 0 spiro atoms. The highest BCUT2D eigenvalue weighted by Gasteiger charge is 2.29. The highest BCUT2D eigenvalue weighted by molar-refractivity contribution is 5.55. The van der Waals surface area contributed by atoms with Crippen LogP contribution < -0.4 is 5.32 Å². The van der Waals surface area contributed by atoms with E-state index in [1.165, 1.54) is 6.07 Å². The molecule has 1 saturated carbocycles. The van der Waals surface area contributed by atoms with E-state index in [0.717, 1.165) is 50.3 Å². The van der Waals surface area contributed by atoms with Gasteiger partial charge >= 0.3 is 0 Å². The number of nitrogens with zero attached hydrogens (tertiary/aromatic N) is 5. The number of anilines is 1. The van der Waals surface area contributed by atoms with Crippen LogP contribution in [0.25, 0.3) is 0 Å². The maximum Gasteiger partial charge on any atom is 0.271 e. The second kappa shape index (κ2) is 8.44. The molecule has 1 atom stereocenters. The van der Waals surface area contributed by atoms with E-state index in [2.05, 4.69) is 20.8 Å². The fraction of sp³-hybridized carbons (Fsp3) is 0.350. The van der Waals surface area contributed by atoms with Crippen molar-refractivity contribution in [2.75, 3.05) is 5.32 Å². The summed E-state index contributed by atoms with van der Waals surface area (Å²) < 4.78 is 16.2. The zero-order chi connectivity index (χ0) is 21.1. The standard InChI is InChI=1S/C20H21FN6O3/c21-16-11-10-14(27(29)30)12-17(16)22-19(15-8-4-5-9-18(15)28)20-23-24-25-26(20)13-6-2-1-3-7-13/h4-5,8-13,19,22,28H,1-3,6-7H2. The first-order valence-electron chi connectivity index (χ1n) is 9.80. The number of tetrazole rings is 1. The summed E-state index contributed by atoms with van der Waals surface area (Å²) in [5, 5.41) is 36.7. The van der Waals surface area contributed by atoms with E-state index < -0.39 is 16.8 Å². The third-order valence-corrected chi connectivity index (χ3v) is 5.41. The van der Waals surface area contributed by atoms with Gasteiger partial charge in [-0.3, -0.25) is 10.1 Å². The molecule has 1 aromatic heterocycles. The SMILES string of the molecule is O=[N+]([O-])c1ccc(F)c(NC(c2ccccc2O)c2nnnn2C2CCCCC2)c1. The third-order valence-electron chi connectivity index (χ3n) is 5.41.